The topological polar surface area (TPSA) is 26.3 Å². The van der Waals surface area contributed by atoms with Crippen molar-refractivity contribution in [3.05, 3.63) is 65.5 Å². The Morgan fingerprint density at radius 3 is 2.60 bits per heavy atom. The SMILES string of the molecule is CC(C)Oc1cccc(C(=O)Cc2ccccc2F)c1. The van der Waals surface area contributed by atoms with Crippen LogP contribution in [0.15, 0.2) is 48.5 Å². The fraction of sp³-hybridized carbons (Fsp3) is 0.235. The molecule has 0 amide bonds. The van der Waals surface area contributed by atoms with Gasteiger partial charge in [-0.2, -0.15) is 0 Å². The number of carbonyl (C=O) groups is 1. The zero-order valence-electron chi connectivity index (χ0n) is 11.6. The van der Waals surface area contributed by atoms with Gasteiger partial charge >= 0.3 is 0 Å². The Morgan fingerprint density at radius 1 is 1.15 bits per heavy atom. The van der Waals surface area contributed by atoms with E-state index in [9.17, 15) is 9.18 Å². The van der Waals surface area contributed by atoms with Crippen molar-refractivity contribution in [2.45, 2.75) is 26.4 Å². The van der Waals surface area contributed by atoms with E-state index in [1.165, 1.54) is 6.07 Å². The molecule has 0 aliphatic carbocycles. The Balaban J connectivity index is 2.15. The van der Waals surface area contributed by atoms with Crippen LogP contribution in [0.5, 0.6) is 5.75 Å². The van der Waals surface area contributed by atoms with Gasteiger partial charge in [0.05, 0.1) is 6.10 Å². The van der Waals surface area contributed by atoms with E-state index in [1.807, 2.05) is 13.8 Å². The van der Waals surface area contributed by atoms with Crippen molar-refractivity contribution in [3.63, 3.8) is 0 Å². The molecule has 2 aromatic rings. The Hall–Kier alpha value is -2.16. The lowest BCUT2D eigenvalue weighted by atomic mass is 10.0. The summed E-state index contributed by atoms with van der Waals surface area (Å²) in [6.45, 7) is 3.85. The molecule has 0 aromatic heterocycles. The standard InChI is InChI=1S/C17H17FO2/c1-12(2)20-15-8-5-7-14(10-15)17(19)11-13-6-3-4-9-16(13)18/h3-10,12H,11H2,1-2H3. The molecule has 0 atom stereocenters. The van der Waals surface area contributed by atoms with E-state index in [2.05, 4.69) is 0 Å². The Labute approximate surface area is 118 Å². The third-order valence-corrected chi connectivity index (χ3v) is 2.84. The fourth-order valence-corrected chi connectivity index (χ4v) is 1.93. The van der Waals surface area contributed by atoms with E-state index in [-0.39, 0.29) is 24.1 Å². The van der Waals surface area contributed by atoms with Crippen LogP contribution in [0.1, 0.15) is 29.8 Å². The van der Waals surface area contributed by atoms with Gasteiger partial charge in [-0.3, -0.25) is 4.79 Å². The monoisotopic (exact) mass is 272 g/mol. The van der Waals surface area contributed by atoms with E-state index < -0.39 is 0 Å². The van der Waals surface area contributed by atoms with Gasteiger partial charge in [0, 0.05) is 12.0 Å². The molecule has 0 aliphatic rings. The van der Waals surface area contributed by atoms with Gasteiger partial charge < -0.3 is 4.74 Å². The summed E-state index contributed by atoms with van der Waals surface area (Å²) in [5.41, 5.74) is 0.944. The first kappa shape index (κ1) is 14.3. The van der Waals surface area contributed by atoms with Crippen LogP contribution in [0.3, 0.4) is 0 Å². The van der Waals surface area contributed by atoms with Gasteiger partial charge in [0.1, 0.15) is 11.6 Å². The molecule has 20 heavy (non-hydrogen) atoms. The van der Waals surface area contributed by atoms with Crippen molar-refractivity contribution in [2.24, 2.45) is 0 Å². The Kier molecular flexibility index (Phi) is 4.51. The van der Waals surface area contributed by atoms with Crippen LogP contribution in [-0.2, 0) is 6.42 Å². The molecule has 3 heteroatoms. The molecule has 0 aliphatic heterocycles. The lowest BCUT2D eigenvalue weighted by molar-refractivity contribution is 0.0991. The lowest BCUT2D eigenvalue weighted by Crippen LogP contribution is -2.08. The smallest absolute Gasteiger partial charge is 0.167 e. The highest BCUT2D eigenvalue weighted by atomic mass is 19.1. The van der Waals surface area contributed by atoms with E-state index in [1.54, 1.807) is 42.5 Å². The molecule has 2 aromatic carbocycles. The normalized spacial score (nSPS) is 10.6. The molecule has 0 unspecified atom stereocenters. The van der Waals surface area contributed by atoms with Crippen LogP contribution in [0.4, 0.5) is 4.39 Å². The molecular weight excluding hydrogens is 255 g/mol. The van der Waals surface area contributed by atoms with E-state index in [0.717, 1.165) is 0 Å². The maximum Gasteiger partial charge on any atom is 0.167 e. The second-order valence-electron chi connectivity index (χ2n) is 4.89. The number of hydrogen-bond acceptors (Lipinski definition) is 2. The van der Waals surface area contributed by atoms with Gasteiger partial charge in [0.2, 0.25) is 0 Å². The minimum Gasteiger partial charge on any atom is -0.491 e. The highest BCUT2D eigenvalue weighted by molar-refractivity contribution is 5.97. The maximum absolute atomic E-state index is 13.5. The summed E-state index contributed by atoms with van der Waals surface area (Å²) >= 11 is 0. The minimum absolute atomic E-state index is 0.0481. The van der Waals surface area contributed by atoms with Gasteiger partial charge in [-0.1, -0.05) is 30.3 Å². The van der Waals surface area contributed by atoms with Crippen LogP contribution in [-0.4, -0.2) is 11.9 Å². The molecule has 2 rings (SSSR count). The molecule has 0 saturated heterocycles. The second-order valence-corrected chi connectivity index (χ2v) is 4.89. The quantitative estimate of drug-likeness (QED) is 0.768. The molecule has 0 saturated carbocycles. The summed E-state index contributed by atoms with van der Waals surface area (Å²) < 4.78 is 19.1. The van der Waals surface area contributed by atoms with Gasteiger partial charge in [-0.05, 0) is 37.6 Å². The molecule has 0 heterocycles. The predicted molar refractivity (Wildman–Crippen MR) is 76.6 cm³/mol. The minimum atomic E-state index is -0.351. The van der Waals surface area contributed by atoms with E-state index >= 15 is 0 Å². The summed E-state index contributed by atoms with van der Waals surface area (Å²) in [6.07, 6.45) is 0.101. The molecule has 0 fully saturated rings. The second kappa shape index (κ2) is 6.33. The Morgan fingerprint density at radius 2 is 1.90 bits per heavy atom. The fourth-order valence-electron chi connectivity index (χ4n) is 1.93. The number of benzene rings is 2. The van der Waals surface area contributed by atoms with Crippen LogP contribution >= 0.6 is 0 Å². The highest BCUT2D eigenvalue weighted by Crippen LogP contribution is 2.17. The van der Waals surface area contributed by atoms with Crippen molar-refractivity contribution in [2.75, 3.05) is 0 Å². The first-order chi connectivity index (χ1) is 9.56. The van der Waals surface area contributed by atoms with Gasteiger partial charge in [-0.15, -0.1) is 0 Å². The summed E-state index contributed by atoms with van der Waals surface area (Å²) in [5.74, 6) is 0.180. The third kappa shape index (κ3) is 3.67. The maximum atomic E-state index is 13.5. The first-order valence-corrected chi connectivity index (χ1v) is 6.59. The van der Waals surface area contributed by atoms with Crippen molar-refractivity contribution in [1.29, 1.82) is 0 Å². The van der Waals surface area contributed by atoms with Crippen molar-refractivity contribution in [1.82, 2.24) is 0 Å². The summed E-state index contributed by atoms with van der Waals surface area (Å²) in [7, 11) is 0. The highest BCUT2D eigenvalue weighted by Gasteiger charge is 2.11. The average molecular weight is 272 g/mol. The van der Waals surface area contributed by atoms with Crippen molar-refractivity contribution < 1.29 is 13.9 Å². The van der Waals surface area contributed by atoms with Crippen LogP contribution in [0.2, 0.25) is 0 Å². The van der Waals surface area contributed by atoms with E-state index in [4.69, 9.17) is 4.74 Å². The van der Waals surface area contributed by atoms with Crippen LogP contribution < -0.4 is 4.74 Å². The number of rotatable bonds is 5. The summed E-state index contributed by atoms with van der Waals surface area (Å²) in [6, 6.07) is 13.3. The summed E-state index contributed by atoms with van der Waals surface area (Å²) in [4.78, 5) is 12.2. The number of ether oxygens (including phenoxy) is 1. The third-order valence-electron chi connectivity index (χ3n) is 2.84. The molecule has 0 radical (unpaired) electrons. The molecule has 2 nitrogen and oxygen atoms in total. The molecule has 0 N–H and O–H groups in total. The number of ketones is 1. The molecule has 0 spiro atoms. The van der Waals surface area contributed by atoms with Gasteiger partial charge in [0.25, 0.3) is 0 Å². The lowest BCUT2D eigenvalue weighted by Gasteiger charge is -2.10. The average Bonchev–Trinajstić information content (AvgIpc) is 2.41. The molecule has 104 valence electrons. The largest absolute Gasteiger partial charge is 0.491 e. The zero-order chi connectivity index (χ0) is 14.5. The van der Waals surface area contributed by atoms with Crippen molar-refractivity contribution in [3.8, 4) is 5.75 Å². The van der Waals surface area contributed by atoms with Crippen molar-refractivity contribution >= 4 is 5.78 Å². The summed E-state index contributed by atoms with van der Waals surface area (Å²) in [5, 5.41) is 0. The number of halogens is 1. The zero-order valence-corrected chi connectivity index (χ0v) is 11.6. The van der Waals surface area contributed by atoms with E-state index in [0.29, 0.717) is 16.9 Å². The molecule has 0 bridgehead atoms. The first-order valence-electron chi connectivity index (χ1n) is 6.59. The number of carbonyl (C=O) groups excluding carboxylic acids is 1. The Bertz CT molecular complexity index is 605. The van der Waals surface area contributed by atoms with Gasteiger partial charge in [-0.25, -0.2) is 4.39 Å². The number of hydrogen-bond donors (Lipinski definition) is 0. The predicted octanol–water partition coefficient (Wildman–Crippen LogP) is 4.04. The van der Waals surface area contributed by atoms with Gasteiger partial charge in [0.15, 0.2) is 5.78 Å². The molecular formula is C17H17FO2. The van der Waals surface area contributed by atoms with Crippen LogP contribution in [0, 0.1) is 5.82 Å². The number of Topliss-reactive ketones (excluding diaryl/α,β-unsaturated/α-hetero) is 1. The van der Waals surface area contributed by atoms with Crippen LogP contribution in [0.25, 0.3) is 0 Å².